The fourth-order valence-corrected chi connectivity index (χ4v) is 2.33. The van der Waals surface area contributed by atoms with Gasteiger partial charge in [-0.2, -0.15) is 0 Å². The second kappa shape index (κ2) is 3.40. The molecule has 0 saturated heterocycles. The van der Waals surface area contributed by atoms with E-state index in [1.54, 1.807) is 0 Å². The molecular weight excluding hydrogens is 144 g/mol. The minimum atomic E-state index is 0.536. The van der Waals surface area contributed by atoms with Crippen molar-refractivity contribution in [1.82, 2.24) is 0 Å². The van der Waals surface area contributed by atoms with Gasteiger partial charge < -0.3 is 0 Å². The van der Waals surface area contributed by atoms with Crippen molar-refractivity contribution in [2.45, 2.75) is 53.9 Å². The van der Waals surface area contributed by atoms with Gasteiger partial charge in [0.2, 0.25) is 0 Å². The minimum absolute atomic E-state index is 0.536. The molecule has 12 heavy (non-hydrogen) atoms. The number of hydrogen-bond acceptors (Lipinski definition) is 0. The van der Waals surface area contributed by atoms with Gasteiger partial charge >= 0.3 is 0 Å². The quantitative estimate of drug-likeness (QED) is 0.511. The van der Waals surface area contributed by atoms with Crippen molar-refractivity contribution in [2.24, 2.45) is 23.2 Å². The Balaban J connectivity index is 2.51. The van der Waals surface area contributed by atoms with Crippen LogP contribution in [0.3, 0.4) is 0 Å². The molecule has 0 heteroatoms. The fourth-order valence-electron chi connectivity index (χ4n) is 2.33. The minimum Gasteiger partial charge on any atom is -0.0623 e. The summed E-state index contributed by atoms with van der Waals surface area (Å²) in [4.78, 5) is 0. The molecule has 1 aliphatic carbocycles. The average Bonchev–Trinajstić information content (AvgIpc) is 1.92. The first kappa shape index (κ1) is 10.1. The van der Waals surface area contributed by atoms with Crippen LogP contribution < -0.4 is 0 Å². The Labute approximate surface area is 77.7 Å². The molecule has 1 rings (SSSR count). The Bertz CT molecular complexity index is 141. The molecule has 1 fully saturated rings. The van der Waals surface area contributed by atoms with Crippen LogP contribution in [0.1, 0.15) is 53.9 Å². The van der Waals surface area contributed by atoms with E-state index in [0.717, 1.165) is 17.8 Å². The zero-order valence-electron chi connectivity index (χ0n) is 9.35. The molecule has 0 heterocycles. The van der Waals surface area contributed by atoms with Gasteiger partial charge in [0.15, 0.2) is 0 Å². The summed E-state index contributed by atoms with van der Waals surface area (Å²) in [6.45, 7) is 12.0. The van der Waals surface area contributed by atoms with Crippen molar-refractivity contribution in [3.8, 4) is 0 Å². The first-order valence-electron chi connectivity index (χ1n) is 5.41. The molecule has 0 aromatic heterocycles. The van der Waals surface area contributed by atoms with Crippen molar-refractivity contribution < 1.29 is 0 Å². The van der Waals surface area contributed by atoms with Crippen LogP contribution in [0.4, 0.5) is 0 Å². The maximum atomic E-state index is 2.42. The second-order valence-corrected chi connectivity index (χ2v) is 5.83. The molecule has 72 valence electrons. The van der Waals surface area contributed by atoms with Crippen LogP contribution in [0.15, 0.2) is 0 Å². The van der Waals surface area contributed by atoms with Crippen LogP contribution in [-0.2, 0) is 0 Å². The van der Waals surface area contributed by atoms with E-state index in [9.17, 15) is 0 Å². The van der Waals surface area contributed by atoms with E-state index in [2.05, 4.69) is 34.6 Å². The maximum absolute atomic E-state index is 2.42. The normalized spacial score (nSPS) is 38.2. The topological polar surface area (TPSA) is 0 Å². The summed E-state index contributed by atoms with van der Waals surface area (Å²) in [5, 5.41) is 0. The number of rotatable bonds is 0. The molecule has 1 saturated carbocycles. The van der Waals surface area contributed by atoms with E-state index in [1.165, 1.54) is 19.3 Å². The van der Waals surface area contributed by atoms with Gasteiger partial charge in [0.25, 0.3) is 0 Å². The van der Waals surface area contributed by atoms with Gasteiger partial charge in [0, 0.05) is 0 Å². The van der Waals surface area contributed by atoms with Crippen molar-refractivity contribution in [2.75, 3.05) is 0 Å². The van der Waals surface area contributed by atoms with E-state index in [1.807, 2.05) is 0 Å². The van der Waals surface area contributed by atoms with Crippen LogP contribution in [0.25, 0.3) is 0 Å². The summed E-state index contributed by atoms with van der Waals surface area (Å²) in [6.07, 6.45) is 4.35. The van der Waals surface area contributed by atoms with Gasteiger partial charge in [0.1, 0.15) is 0 Å². The summed E-state index contributed by atoms with van der Waals surface area (Å²) >= 11 is 0. The lowest BCUT2D eigenvalue weighted by Gasteiger charge is -2.39. The molecule has 0 spiro atoms. The summed E-state index contributed by atoms with van der Waals surface area (Å²) in [7, 11) is 0. The first-order valence-corrected chi connectivity index (χ1v) is 5.41. The van der Waals surface area contributed by atoms with Crippen LogP contribution in [0, 0.1) is 23.2 Å². The zero-order valence-corrected chi connectivity index (χ0v) is 9.35. The molecule has 0 aromatic rings. The predicted octanol–water partition coefficient (Wildman–Crippen LogP) is 4.10. The highest BCUT2D eigenvalue weighted by Crippen LogP contribution is 2.42. The Hall–Kier alpha value is 0. The second-order valence-electron chi connectivity index (χ2n) is 5.83. The monoisotopic (exact) mass is 168 g/mol. The molecule has 0 nitrogen and oxygen atoms in total. The molecule has 0 radical (unpaired) electrons. The average molecular weight is 168 g/mol. The lowest BCUT2D eigenvalue weighted by atomic mass is 9.66. The highest BCUT2D eigenvalue weighted by atomic mass is 14.4. The van der Waals surface area contributed by atoms with Gasteiger partial charge in [-0.25, -0.2) is 0 Å². The Morgan fingerprint density at radius 1 is 0.917 bits per heavy atom. The van der Waals surface area contributed by atoms with Gasteiger partial charge in [-0.05, 0) is 36.0 Å². The van der Waals surface area contributed by atoms with Crippen molar-refractivity contribution in [3.63, 3.8) is 0 Å². The van der Waals surface area contributed by atoms with E-state index in [0.29, 0.717) is 5.41 Å². The molecule has 3 atom stereocenters. The summed E-state index contributed by atoms with van der Waals surface area (Å²) < 4.78 is 0. The maximum Gasteiger partial charge on any atom is -0.0354 e. The van der Waals surface area contributed by atoms with E-state index < -0.39 is 0 Å². The Kier molecular flexibility index (Phi) is 2.85. The summed E-state index contributed by atoms with van der Waals surface area (Å²) in [6, 6.07) is 0. The number of hydrogen-bond donors (Lipinski definition) is 0. The molecule has 1 aliphatic rings. The summed E-state index contributed by atoms with van der Waals surface area (Å²) in [5.41, 5.74) is 0.536. The van der Waals surface area contributed by atoms with Gasteiger partial charge in [-0.3, -0.25) is 0 Å². The largest absolute Gasteiger partial charge is 0.0623 e. The predicted molar refractivity (Wildman–Crippen MR) is 55.1 cm³/mol. The molecule has 0 N–H and O–H groups in total. The lowest BCUT2D eigenvalue weighted by molar-refractivity contribution is 0.114. The van der Waals surface area contributed by atoms with Crippen molar-refractivity contribution in [3.05, 3.63) is 0 Å². The molecular formula is C12H24. The zero-order chi connectivity index (χ0) is 9.35. The fraction of sp³-hybridized carbons (Fsp3) is 1.00. The third-order valence-corrected chi connectivity index (χ3v) is 3.82. The van der Waals surface area contributed by atoms with Gasteiger partial charge in [-0.15, -0.1) is 0 Å². The van der Waals surface area contributed by atoms with Gasteiger partial charge in [-0.1, -0.05) is 41.0 Å². The SMILES string of the molecule is C[C@@H]1CCC(C(C)(C)C)C[C@H]1C. The molecule has 0 amide bonds. The standard InChI is InChI=1S/C12H24/c1-9-6-7-11(8-10(9)2)12(3,4)5/h9-11H,6-8H2,1-5H3/t9-,10-,11?/m1/s1. The third kappa shape index (κ3) is 2.24. The van der Waals surface area contributed by atoms with Gasteiger partial charge in [0.05, 0.1) is 0 Å². The summed E-state index contributed by atoms with van der Waals surface area (Å²) in [5.74, 6) is 2.87. The van der Waals surface area contributed by atoms with Crippen molar-refractivity contribution in [1.29, 1.82) is 0 Å². The smallest absolute Gasteiger partial charge is 0.0354 e. The van der Waals surface area contributed by atoms with Crippen LogP contribution in [-0.4, -0.2) is 0 Å². The first-order chi connectivity index (χ1) is 5.41. The molecule has 0 bridgehead atoms. The van der Waals surface area contributed by atoms with E-state index in [-0.39, 0.29) is 0 Å². The molecule has 1 unspecified atom stereocenters. The highest BCUT2D eigenvalue weighted by Gasteiger charge is 2.31. The van der Waals surface area contributed by atoms with Crippen molar-refractivity contribution >= 4 is 0 Å². The lowest BCUT2D eigenvalue weighted by Crippen LogP contribution is -2.29. The third-order valence-electron chi connectivity index (χ3n) is 3.82. The van der Waals surface area contributed by atoms with Crippen LogP contribution >= 0.6 is 0 Å². The van der Waals surface area contributed by atoms with Crippen LogP contribution in [0.2, 0.25) is 0 Å². The highest BCUT2D eigenvalue weighted by molar-refractivity contribution is 4.82. The van der Waals surface area contributed by atoms with Crippen LogP contribution in [0.5, 0.6) is 0 Å². The molecule has 0 aliphatic heterocycles. The van der Waals surface area contributed by atoms with E-state index in [4.69, 9.17) is 0 Å². The Morgan fingerprint density at radius 3 is 1.92 bits per heavy atom. The Morgan fingerprint density at radius 2 is 1.50 bits per heavy atom. The molecule has 0 aromatic carbocycles. The van der Waals surface area contributed by atoms with E-state index >= 15 is 0 Å².